The molecule has 144 valence electrons. The molecule has 0 spiro atoms. The van der Waals surface area contributed by atoms with Crippen molar-refractivity contribution in [2.75, 3.05) is 6.61 Å². The Bertz CT molecular complexity index is 590. The Labute approximate surface area is 154 Å². The third-order valence-corrected chi connectivity index (χ3v) is 3.82. The van der Waals surface area contributed by atoms with Crippen molar-refractivity contribution in [1.29, 1.82) is 0 Å². The van der Waals surface area contributed by atoms with Gasteiger partial charge in [-0.15, -0.1) is 0 Å². The molecular formula is C19H29N3O4. The highest BCUT2D eigenvalue weighted by atomic mass is 16.6. The zero-order valence-electron chi connectivity index (χ0n) is 15.7. The Morgan fingerprint density at radius 2 is 1.81 bits per heavy atom. The molecule has 3 amide bonds. The number of carbonyl (C=O) groups is 3. The Balaban J connectivity index is 2.85. The number of nitrogens with one attached hydrogen (secondary N) is 2. The number of rotatable bonds is 11. The summed E-state index contributed by atoms with van der Waals surface area (Å²) in [4.78, 5) is 41.2. The summed E-state index contributed by atoms with van der Waals surface area (Å²) < 4.78 is 0. The van der Waals surface area contributed by atoms with Crippen LogP contribution in [0, 0.1) is 11.8 Å². The van der Waals surface area contributed by atoms with E-state index < -0.39 is 17.9 Å². The third-order valence-electron chi connectivity index (χ3n) is 3.82. The van der Waals surface area contributed by atoms with Gasteiger partial charge in [0.2, 0.25) is 17.7 Å². The summed E-state index contributed by atoms with van der Waals surface area (Å²) >= 11 is 0. The highest BCUT2D eigenvalue weighted by molar-refractivity contribution is 5.90. The largest absolute Gasteiger partial charge is 0.368 e. The highest BCUT2D eigenvalue weighted by Crippen LogP contribution is 2.14. The third kappa shape index (κ3) is 8.11. The molecule has 0 fully saturated rings. The minimum Gasteiger partial charge on any atom is -0.368 e. The molecule has 7 heteroatoms. The first kappa shape index (κ1) is 21.6. The number of primary amides is 1. The van der Waals surface area contributed by atoms with Gasteiger partial charge in [-0.3, -0.25) is 19.2 Å². The Hall–Kier alpha value is -2.41. The summed E-state index contributed by atoms with van der Waals surface area (Å²) in [6.07, 6.45) is 0.775. The fraction of sp³-hybridized carbons (Fsp3) is 0.526. The second-order valence-electron chi connectivity index (χ2n) is 6.64. The topological polar surface area (TPSA) is 111 Å². The fourth-order valence-corrected chi connectivity index (χ4v) is 2.58. The first-order chi connectivity index (χ1) is 12.3. The fourth-order valence-electron chi connectivity index (χ4n) is 2.58. The van der Waals surface area contributed by atoms with Crippen LogP contribution in [0.4, 0.5) is 0 Å². The lowest BCUT2D eigenvalue weighted by Crippen LogP contribution is -2.48. The molecule has 0 saturated carbocycles. The number of amides is 3. The Morgan fingerprint density at radius 1 is 1.15 bits per heavy atom. The summed E-state index contributed by atoms with van der Waals surface area (Å²) in [5, 5.41) is 2.70. The van der Waals surface area contributed by atoms with E-state index >= 15 is 0 Å². The minimum absolute atomic E-state index is 0.0477. The molecule has 2 unspecified atom stereocenters. The predicted molar refractivity (Wildman–Crippen MR) is 98.6 cm³/mol. The van der Waals surface area contributed by atoms with E-state index in [1.54, 1.807) is 6.92 Å². The number of nitrogens with two attached hydrogens (primary N) is 1. The van der Waals surface area contributed by atoms with Gasteiger partial charge in [-0.2, -0.15) is 0 Å². The van der Waals surface area contributed by atoms with Crippen molar-refractivity contribution in [3.63, 3.8) is 0 Å². The van der Waals surface area contributed by atoms with Crippen LogP contribution in [0.15, 0.2) is 30.3 Å². The maximum Gasteiger partial charge on any atom is 0.244 e. The molecule has 1 aromatic rings. The molecule has 0 aliphatic rings. The van der Waals surface area contributed by atoms with Crippen LogP contribution in [0.25, 0.3) is 0 Å². The van der Waals surface area contributed by atoms with E-state index in [1.165, 1.54) is 0 Å². The standard InChI is InChI=1S/C19H29N3O4/c1-4-26-22-17(23)12-15(11-14-8-6-5-7-9-14)19(25)21-16(18(20)24)10-13(2)3/h5-9,13,15-16H,4,10-12H2,1-3H3,(H2,20,24)(H,21,25)(H,22,23). The van der Waals surface area contributed by atoms with E-state index in [-0.39, 0.29) is 24.2 Å². The second-order valence-corrected chi connectivity index (χ2v) is 6.64. The number of hydrogen-bond donors (Lipinski definition) is 3. The summed E-state index contributed by atoms with van der Waals surface area (Å²) in [5.74, 6) is -1.77. The lowest BCUT2D eigenvalue weighted by molar-refractivity contribution is -0.138. The van der Waals surface area contributed by atoms with E-state index in [0.717, 1.165) is 5.56 Å². The zero-order chi connectivity index (χ0) is 19.5. The van der Waals surface area contributed by atoms with Gasteiger partial charge in [0.15, 0.2) is 0 Å². The summed E-state index contributed by atoms with van der Waals surface area (Å²) in [6.45, 7) is 5.97. The van der Waals surface area contributed by atoms with Crippen molar-refractivity contribution < 1.29 is 19.2 Å². The van der Waals surface area contributed by atoms with Crippen LogP contribution in [-0.4, -0.2) is 30.4 Å². The van der Waals surface area contributed by atoms with Crippen LogP contribution in [0.2, 0.25) is 0 Å². The lowest BCUT2D eigenvalue weighted by Gasteiger charge is -2.22. The smallest absolute Gasteiger partial charge is 0.244 e. The van der Waals surface area contributed by atoms with Crippen molar-refractivity contribution in [2.24, 2.45) is 17.6 Å². The van der Waals surface area contributed by atoms with Crippen molar-refractivity contribution in [1.82, 2.24) is 10.8 Å². The van der Waals surface area contributed by atoms with E-state index in [0.29, 0.717) is 19.4 Å². The van der Waals surface area contributed by atoms with Crippen molar-refractivity contribution in [3.05, 3.63) is 35.9 Å². The molecule has 26 heavy (non-hydrogen) atoms. The average Bonchev–Trinajstić information content (AvgIpc) is 2.59. The maximum absolute atomic E-state index is 12.7. The predicted octanol–water partition coefficient (Wildman–Crippen LogP) is 1.32. The molecule has 4 N–H and O–H groups in total. The maximum atomic E-state index is 12.7. The van der Waals surface area contributed by atoms with Crippen LogP contribution in [-0.2, 0) is 25.6 Å². The summed E-state index contributed by atoms with van der Waals surface area (Å²) in [5.41, 5.74) is 8.63. The van der Waals surface area contributed by atoms with Crippen molar-refractivity contribution >= 4 is 17.7 Å². The van der Waals surface area contributed by atoms with Crippen LogP contribution in [0.3, 0.4) is 0 Å². The van der Waals surface area contributed by atoms with Crippen molar-refractivity contribution in [3.8, 4) is 0 Å². The molecule has 0 aliphatic heterocycles. The van der Waals surface area contributed by atoms with Crippen LogP contribution in [0.1, 0.15) is 39.2 Å². The van der Waals surface area contributed by atoms with Gasteiger partial charge in [0, 0.05) is 6.42 Å². The molecule has 0 saturated heterocycles. The Kier molecular flexibility index (Phi) is 9.36. The second kappa shape index (κ2) is 11.3. The summed E-state index contributed by atoms with van der Waals surface area (Å²) in [7, 11) is 0. The first-order valence-electron chi connectivity index (χ1n) is 8.87. The molecule has 0 heterocycles. The van der Waals surface area contributed by atoms with E-state index in [2.05, 4.69) is 10.8 Å². The molecule has 0 radical (unpaired) electrons. The normalized spacial score (nSPS) is 13.1. The molecular weight excluding hydrogens is 334 g/mol. The van der Waals surface area contributed by atoms with E-state index in [9.17, 15) is 14.4 Å². The van der Waals surface area contributed by atoms with Gasteiger partial charge in [0.25, 0.3) is 0 Å². The van der Waals surface area contributed by atoms with Gasteiger partial charge < -0.3 is 11.1 Å². The molecule has 0 aliphatic carbocycles. The molecule has 0 bridgehead atoms. The van der Waals surface area contributed by atoms with Gasteiger partial charge in [-0.05, 0) is 31.2 Å². The SMILES string of the molecule is CCONC(=O)CC(Cc1ccccc1)C(=O)NC(CC(C)C)C(N)=O. The molecule has 1 rings (SSSR count). The van der Waals surface area contributed by atoms with Crippen LogP contribution >= 0.6 is 0 Å². The summed E-state index contributed by atoms with van der Waals surface area (Å²) in [6, 6.07) is 8.65. The number of hydrogen-bond acceptors (Lipinski definition) is 4. The average molecular weight is 363 g/mol. The monoisotopic (exact) mass is 363 g/mol. The Morgan fingerprint density at radius 3 is 2.35 bits per heavy atom. The van der Waals surface area contributed by atoms with Crippen molar-refractivity contribution in [2.45, 2.75) is 46.1 Å². The van der Waals surface area contributed by atoms with Crippen LogP contribution in [0.5, 0.6) is 0 Å². The lowest BCUT2D eigenvalue weighted by atomic mass is 9.94. The van der Waals surface area contributed by atoms with Gasteiger partial charge in [-0.1, -0.05) is 44.2 Å². The van der Waals surface area contributed by atoms with E-state index in [4.69, 9.17) is 10.6 Å². The molecule has 7 nitrogen and oxygen atoms in total. The number of carbonyl (C=O) groups excluding carboxylic acids is 3. The van der Waals surface area contributed by atoms with Gasteiger partial charge in [0.05, 0.1) is 12.5 Å². The molecule has 1 aromatic carbocycles. The van der Waals surface area contributed by atoms with E-state index in [1.807, 2.05) is 44.2 Å². The van der Waals surface area contributed by atoms with Gasteiger partial charge in [-0.25, -0.2) is 5.48 Å². The first-order valence-corrected chi connectivity index (χ1v) is 8.87. The number of benzene rings is 1. The quantitative estimate of drug-likeness (QED) is 0.515. The van der Waals surface area contributed by atoms with Gasteiger partial charge >= 0.3 is 0 Å². The number of hydroxylamine groups is 1. The molecule has 0 aromatic heterocycles. The zero-order valence-corrected chi connectivity index (χ0v) is 15.7. The minimum atomic E-state index is -0.754. The van der Waals surface area contributed by atoms with Gasteiger partial charge in [0.1, 0.15) is 6.04 Å². The molecule has 2 atom stereocenters. The van der Waals surface area contributed by atoms with Crippen LogP contribution < -0.4 is 16.5 Å². The highest BCUT2D eigenvalue weighted by Gasteiger charge is 2.27.